The summed E-state index contributed by atoms with van der Waals surface area (Å²) >= 11 is 0. The number of sulfone groups is 1. The van der Waals surface area contributed by atoms with Gasteiger partial charge in [0.05, 0.1) is 21.0 Å². The van der Waals surface area contributed by atoms with Crippen molar-refractivity contribution in [2.24, 2.45) is 0 Å². The van der Waals surface area contributed by atoms with Crippen molar-refractivity contribution >= 4 is 27.3 Å². The van der Waals surface area contributed by atoms with Crippen molar-refractivity contribution < 1.29 is 18.0 Å². The van der Waals surface area contributed by atoms with Crippen molar-refractivity contribution in [3.63, 3.8) is 0 Å². The number of fused-ring (bicyclic) bond motifs is 2. The van der Waals surface area contributed by atoms with Crippen LogP contribution in [-0.4, -0.2) is 44.8 Å². The van der Waals surface area contributed by atoms with Gasteiger partial charge in [0.1, 0.15) is 0 Å². The zero-order chi connectivity index (χ0) is 21.5. The van der Waals surface area contributed by atoms with Crippen LogP contribution in [0.3, 0.4) is 0 Å². The van der Waals surface area contributed by atoms with Crippen LogP contribution in [0.4, 0.5) is 5.69 Å². The van der Waals surface area contributed by atoms with Crippen LogP contribution in [0.5, 0.6) is 0 Å². The maximum absolute atomic E-state index is 13.3. The minimum Gasteiger partial charge on any atom is -0.339 e. The van der Waals surface area contributed by atoms with Crippen molar-refractivity contribution in [2.45, 2.75) is 54.9 Å². The minimum absolute atomic E-state index is 0.00519. The van der Waals surface area contributed by atoms with Gasteiger partial charge in [-0.2, -0.15) is 0 Å². The second-order valence-corrected chi connectivity index (χ2v) is 9.83. The number of nitrogens with zero attached hydrogens (tertiary/aromatic N) is 2. The Morgan fingerprint density at radius 3 is 2.47 bits per heavy atom. The van der Waals surface area contributed by atoms with Gasteiger partial charge >= 0.3 is 0 Å². The van der Waals surface area contributed by atoms with Crippen LogP contribution in [0.1, 0.15) is 59.7 Å². The summed E-state index contributed by atoms with van der Waals surface area (Å²) in [4.78, 5) is 29.6. The molecule has 1 aliphatic carbocycles. The molecule has 158 valence electrons. The average molecular weight is 427 g/mol. The quantitative estimate of drug-likeness (QED) is 0.746. The average Bonchev–Trinajstić information content (AvgIpc) is 2.85. The van der Waals surface area contributed by atoms with Gasteiger partial charge in [-0.1, -0.05) is 31.4 Å². The van der Waals surface area contributed by atoms with E-state index in [-0.39, 0.29) is 38.9 Å². The number of hydrogen-bond acceptors (Lipinski definition) is 4. The van der Waals surface area contributed by atoms with E-state index in [1.165, 1.54) is 29.5 Å². The SMILES string of the molecule is CCN1C(=O)c2ccccc2S(=O)(=O)c2ccc(C(=O)N(C)C3CCCCC3)cc21. The van der Waals surface area contributed by atoms with Crippen molar-refractivity contribution in [1.82, 2.24) is 4.90 Å². The smallest absolute Gasteiger partial charge is 0.259 e. The van der Waals surface area contributed by atoms with E-state index in [0.717, 1.165) is 25.7 Å². The Kier molecular flexibility index (Phi) is 5.40. The third kappa shape index (κ3) is 3.31. The molecule has 4 rings (SSSR count). The molecular weight excluding hydrogens is 400 g/mol. The van der Waals surface area contributed by atoms with Crippen molar-refractivity contribution in [2.75, 3.05) is 18.5 Å². The summed E-state index contributed by atoms with van der Waals surface area (Å²) in [5, 5.41) is 0. The number of carbonyl (C=O) groups is 2. The first kappa shape index (κ1) is 20.6. The summed E-state index contributed by atoms with van der Waals surface area (Å²) in [7, 11) is -2.08. The first-order valence-corrected chi connectivity index (χ1v) is 11.9. The number of carbonyl (C=O) groups excluding carboxylic acids is 2. The Hall–Kier alpha value is -2.67. The summed E-state index contributed by atoms with van der Waals surface area (Å²) in [5.41, 5.74) is 0.818. The monoisotopic (exact) mass is 426 g/mol. The standard InChI is InChI=1S/C23H26N2O4S/c1-3-25-19-15-16(22(26)24(2)17-9-5-4-6-10-17)13-14-21(19)30(28,29)20-12-8-7-11-18(20)23(25)27/h7-8,11-15,17H,3-6,9-10H2,1-2H3. The number of anilines is 1. The van der Waals surface area contributed by atoms with Crippen LogP contribution in [0, 0.1) is 0 Å². The maximum atomic E-state index is 13.3. The summed E-state index contributed by atoms with van der Waals surface area (Å²) in [6.07, 6.45) is 5.39. The highest BCUT2D eigenvalue weighted by Gasteiger charge is 2.35. The van der Waals surface area contributed by atoms with Gasteiger partial charge in [-0.05, 0) is 50.1 Å². The fourth-order valence-corrected chi connectivity index (χ4v) is 6.12. The topological polar surface area (TPSA) is 74.8 Å². The molecule has 0 spiro atoms. The first-order chi connectivity index (χ1) is 14.4. The lowest BCUT2D eigenvalue weighted by molar-refractivity contribution is 0.0696. The van der Waals surface area contributed by atoms with E-state index < -0.39 is 9.84 Å². The third-order valence-electron chi connectivity index (χ3n) is 6.20. The number of hydrogen-bond donors (Lipinski definition) is 0. The second kappa shape index (κ2) is 7.87. The molecule has 2 aromatic carbocycles. The van der Waals surface area contributed by atoms with E-state index in [9.17, 15) is 18.0 Å². The molecule has 0 bridgehead atoms. The van der Waals surface area contributed by atoms with Crippen molar-refractivity contribution in [1.29, 1.82) is 0 Å². The molecule has 0 N–H and O–H groups in total. The number of benzene rings is 2. The Morgan fingerprint density at radius 1 is 1.07 bits per heavy atom. The molecule has 0 unspecified atom stereocenters. The van der Waals surface area contributed by atoms with Crippen LogP contribution in [0.15, 0.2) is 52.3 Å². The predicted molar refractivity (Wildman–Crippen MR) is 115 cm³/mol. The lowest BCUT2D eigenvalue weighted by atomic mass is 9.94. The van der Waals surface area contributed by atoms with Gasteiger partial charge in [-0.15, -0.1) is 0 Å². The van der Waals surface area contributed by atoms with Crippen LogP contribution in [0.25, 0.3) is 0 Å². The molecule has 1 fully saturated rings. The number of rotatable bonds is 3. The van der Waals surface area contributed by atoms with Gasteiger partial charge in [-0.3, -0.25) is 9.59 Å². The molecule has 0 saturated heterocycles. The summed E-state index contributed by atoms with van der Waals surface area (Å²) < 4.78 is 26.6. The Morgan fingerprint density at radius 2 is 1.77 bits per heavy atom. The zero-order valence-corrected chi connectivity index (χ0v) is 18.1. The molecule has 1 saturated carbocycles. The Bertz CT molecular complexity index is 1100. The third-order valence-corrected chi connectivity index (χ3v) is 8.06. The zero-order valence-electron chi connectivity index (χ0n) is 17.3. The molecule has 7 heteroatoms. The lowest BCUT2D eigenvalue weighted by Crippen LogP contribution is -2.38. The van der Waals surface area contributed by atoms with Gasteiger partial charge in [0.2, 0.25) is 9.84 Å². The molecule has 6 nitrogen and oxygen atoms in total. The van der Waals surface area contributed by atoms with Gasteiger partial charge in [-0.25, -0.2) is 8.42 Å². The number of amides is 2. The molecule has 1 heterocycles. The maximum Gasteiger partial charge on any atom is 0.259 e. The van der Waals surface area contributed by atoms with Crippen molar-refractivity contribution in [3.8, 4) is 0 Å². The van der Waals surface area contributed by atoms with Gasteiger partial charge < -0.3 is 9.80 Å². The molecular formula is C23H26N2O4S. The second-order valence-electron chi connectivity index (χ2n) is 7.94. The molecule has 0 aromatic heterocycles. The minimum atomic E-state index is -3.88. The van der Waals surface area contributed by atoms with E-state index >= 15 is 0 Å². The van der Waals surface area contributed by atoms with Crippen LogP contribution in [0.2, 0.25) is 0 Å². The Labute approximate surface area is 177 Å². The van der Waals surface area contributed by atoms with E-state index in [1.807, 2.05) is 0 Å². The molecule has 2 aromatic rings. The lowest BCUT2D eigenvalue weighted by Gasteiger charge is -2.31. The van der Waals surface area contributed by atoms with Gasteiger partial charge in [0.15, 0.2) is 0 Å². The highest BCUT2D eigenvalue weighted by atomic mass is 32.2. The molecule has 30 heavy (non-hydrogen) atoms. The molecule has 2 amide bonds. The summed E-state index contributed by atoms with van der Waals surface area (Å²) in [6, 6.07) is 11.0. The molecule has 1 aliphatic heterocycles. The summed E-state index contributed by atoms with van der Waals surface area (Å²) in [5.74, 6) is -0.520. The van der Waals surface area contributed by atoms with Crippen molar-refractivity contribution in [3.05, 3.63) is 53.6 Å². The summed E-state index contributed by atoms with van der Waals surface area (Å²) in [6.45, 7) is 2.09. The molecule has 0 atom stereocenters. The first-order valence-electron chi connectivity index (χ1n) is 10.4. The van der Waals surface area contributed by atoms with E-state index in [4.69, 9.17) is 0 Å². The predicted octanol–water partition coefficient (Wildman–Crippen LogP) is 3.90. The van der Waals surface area contributed by atoms with E-state index in [0.29, 0.717) is 12.1 Å². The largest absolute Gasteiger partial charge is 0.339 e. The molecule has 0 radical (unpaired) electrons. The van der Waals surface area contributed by atoms with Crippen LogP contribution in [-0.2, 0) is 9.84 Å². The van der Waals surface area contributed by atoms with Crippen LogP contribution >= 0.6 is 0 Å². The van der Waals surface area contributed by atoms with Crippen LogP contribution < -0.4 is 4.90 Å². The van der Waals surface area contributed by atoms with Gasteiger partial charge in [0, 0.05) is 25.2 Å². The highest BCUT2D eigenvalue weighted by Crippen LogP contribution is 2.37. The fourth-order valence-electron chi connectivity index (χ4n) is 4.49. The fraction of sp³-hybridized carbons (Fsp3) is 0.391. The van der Waals surface area contributed by atoms with E-state index in [2.05, 4.69) is 0 Å². The highest BCUT2D eigenvalue weighted by molar-refractivity contribution is 7.91. The van der Waals surface area contributed by atoms with E-state index in [1.54, 1.807) is 43.1 Å². The normalized spacial score (nSPS) is 18.3. The Balaban J connectivity index is 1.80. The molecule has 2 aliphatic rings. The van der Waals surface area contributed by atoms with Gasteiger partial charge in [0.25, 0.3) is 11.8 Å².